The van der Waals surface area contributed by atoms with Gasteiger partial charge in [-0.1, -0.05) is 31.9 Å². The van der Waals surface area contributed by atoms with Crippen LogP contribution in [0.1, 0.15) is 45.1 Å². The molecule has 0 aliphatic carbocycles. The molecular weight excluding hydrogens is 240 g/mol. The van der Waals surface area contributed by atoms with Gasteiger partial charge in [-0.2, -0.15) is 5.10 Å². The Kier molecular flexibility index (Phi) is 7.32. The molecular formula is C15H22N2O2. The first kappa shape index (κ1) is 15.2. The van der Waals surface area contributed by atoms with Crippen molar-refractivity contribution in [3.63, 3.8) is 0 Å². The maximum absolute atomic E-state index is 11.5. The summed E-state index contributed by atoms with van der Waals surface area (Å²) in [7, 11) is 0. The standard InChI is InChI=1S/C15H22N2O2/c1-3-5-6-11-15(18)17-16-12-13-9-7-8-10-14(13)19-4-2/h7-10,12H,3-6,11H2,1-2H3,(H,17,18). The molecule has 0 atom stereocenters. The van der Waals surface area contributed by atoms with Gasteiger partial charge in [-0.05, 0) is 25.5 Å². The van der Waals surface area contributed by atoms with Gasteiger partial charge in [0.05, 0.1) is 12.8 Å². The highest BCUT2D eigenvalue weighted by atomic mass is 16.5. The molecule has 0 saturated heterocycles. The highest BCUT2D eigenvalue weighted by Crippen LogP contribution is 2.15. The van der Waals surface area contributed by atoms with Crippen LogP contribution in [0.5, 0.6) is 5.75 Å². The third-order valence-corrected chi connectivity index (χ3v) is 2.62. The number of carbonyl (C=O) groups is 1. The summed E-state index contributed by atoms with van der Waals surface area (Å²) in [6.07, 6.45) is 5.23. The number of nitrogens with zero attached hydrogens (tertiary/aromatic N) is 1. The normalized spacial score (nSPS) is 10.6. The number of benzene rings is 1. The van der Waals surface area contributed by atoms with Crippen LogP contribution in [0, 0.1) is 0 Å². The van der Waals surface area contributed by atoms with Gasteiger partial charge in [-0.15, -0.1) is 0 Å². The van der Waals surface area contributed by atoms with Crippen molar-refractivity contribution in [2.45, 2.75) is 39.5 Å². The van der Waals surface area contributed by atoms with Crippen molar-refractivity contribution in [3.05, 3.63) is 29.8 Å². The Balaban J connectivity index is 2.45. The second-order valence-electron chi connectivity index (χ2n) is 4.22. The third kappa shape index (κ3) is 6.04. The van der Waals surface area contributed by atoms with Crippen LogP contribution in [0.25, 0.3) is 0 Å². The minimum atomic E-state index is -0.0430. The van der Waals surface area contributed by atoms with Crippen molar-refractivity contribution >= 4 is 12.1 Å². The van der Waals surface area contributed by atoms with Crippen LogP contribution in [0.15, 0.2) is 29.4 Å². The average Bonchev–Trinajstić information content (AvgIpc) is 2.41. The van der Waals surface area contributed by atoms with E-state index in [1.165, 1.54) is 0 Å². The van der Waals surface area contributed by atoms with Crippen molar-refractivity contribution < 1.29 is 9.53 Å². The first-order chi connectivity index (χ1) is 9.27. The van der Waals surface area contributed by atoms with Gasteiger partial charge in [0.1, 0.15) is 5.75 Å². The summed E-state index contributed by atoms with van der Waals surface area (Å²) >= 11 is 0. The quantitative estimate of drug-likeness (QED) is 0.444. The Hall–Kier alpha value is -1.84. The number of amides is 1. The first-order valence-corrected chi connectivity index (χ1v) is 6.81. The largest absolute Gasteiger partial charge is 0.493 e. The maximum Gasteiger partial charge on any atom is 0.240 e. The second kappa shape index (κ2) is 9.14. The molecule has 0 unspecified atom stereocenters. The van der Waals surface area contributed by atoms with Gasteiger partial charge in [0.2, 0.25) is 5.91 Å². The van der Waals surface area contributed by atoms with Crippen LogP contribution in [-0.2, 0) is 4.79 Å². The molecule has 0 radical (unpaired) electrons. The van der Waals surface area contributed by atoms with Gasteiger partial charge >= 0.3 is 0 Å². The fourth-order valence-corrected chi connectivity index (χ4v) is 1.64. The average molecular weight is 262 g/mol. The number of carbonyl (C=O) groups excluding carboxylic acids is 1. The Morgan fingerprint density at radius 1 is 1.32 bits per heavy atom. The molecule has 0 aliphatic rings. The summed E-state index contributed by atoms with van der Waals surface area (Å²) in [6.45, 7) is 4.65. The minimum absolute atomic E-state index is 0.0430. The van der Waals surface area contributed by atoms with Gasteiger partial charge in [0.15, 0.2) is 0 Å². The molecule has 1 amide bonds. The monoisotopic (exact) mass is 262 g/mol. The van der Waals surface area contributed by atoms with Crippen LogP contribution in [0.3, 0.4) is 0 Å². The van der Waals surface area contributed by atoms with E-state index in [4.69, 9.17) is 4.74 Å². The van der Waals surface area contributed by atoms with Gasteiger partial charge in [-0.25, -0.2) is 5.43 Å². The summed E-state index contributed by atoms with van der Waals surface area (Å²) in [5, 5.41) is 3.96. The first-order valence-electron chi connectivity index (χ1n) is 6.81. The van der Waals surface area contributed by atoms with E-state index in [0.717, 1.165) is 30.6 Å². The SMILES string of the molecule is CCCCCC(=O)NN=Cc1ccccc1OCC. The van der Waals surface area contributed by atoms with E-state index < -0.39 is 0 Å². The summed E-state index contributed by atoms with van der Waals surface area (Å²) in [5.41, 5.74) is 3.39. The second-order valence-corrected chi connectivity index (χ2v) is 4.22. The topological polar surface area (TPSA) is 50.7 Å². The van der Waals surface area contributed by atoms with Crippen molar-refractivity contribution in [1.29, 1.82) is 0 Å². The Labute approximate surface area is 114 Å². The minimum Gasteiger partial charge on any atom is -0.493 e. The third-order valence-electron chi connectivity index (χ3n) is 2.62. The molecule has 1 rings (SSSR count). The molecule has 0 saturated carbocycles. The zero-order chi connectivity index (χ0) is 13.9. The Morgan fingerprint density at radius 3 is 2.84 bits per heavy atom. The number of ether oxygens (including phenoxy) is 1. The number of hydrogen-bond donors (Lipinski definition) is 1. The molecule has 1 aromatic carbocycles. The lowest BCUT2D eigenvalue weighted by Crippen LogP contribution is -2.16. The fraction of sp³-hybridized carbons (Fsp3) is 0.467. The van der Waals surface area contributed by atoms with Crippen LogP contribution < -0.4 is 10.2 Å². The summed E-state index contributed by atoms with van der Waals surface area (Å²) in [6, 6.07) is 7.60. The van der Waals surface area contributed by atoms with E-state index in [-0.39, 0.29) is 5.91 Å². The Bertz CT molecular complexity index is 416. The van der Waals surface area contributed by atoms with Gasteiger partial charge in [0.25, 0.3) is 0 Å². The molecule has 0 spiro atoms. The Morgan fingerprint density at radius 2 is 2.11 bits per heavy atom. The lowest BCUT2D eigenvalue weighted by Gasteiger charge is -2.05. The lowest BCUT2D eigenvalue weighted by molar-refractivity contribution is -0.121. The number of rotatable bonds is 8. The van der Waals surface area contributed by atoms with E-state index in [2.05, 4.69) is 17.5 Å². The predicted octanol–water partition coefficient (Wildman–Crippen LogP) is 3.12. The van der Waals surface area contributed by atoms with E-state index >= 15 is 0 Å². The van der Waals surface area contributed by atoms with E-state index in [1.807, 2.05) is 31.2 Å². The number of nitrogens with one attached hydrogen (secondary N) is 1. The fourth-order valence-electron chi connectivity index (χ4n) is 1.64. The molecule has 0 fully saturated rings. The number of hydrogen-bond acceptors (Lipinski definition) is 3. The number of unbranched alkanes of at least 4 members (excludes halogenated alkanes) is 2. The van der Waals surface area contributed by atoms with Gasteiger partial charge in [0, 0.05) is 12.0 Å². The van der Waals surface area contributed by atoms with Crippen molar-refractivity contribution in [2.24, 2.45) is 5.10 Å². The zero-order valence-electron chi connectivity index (χ0n) is 11.7. The van der Waals surface area contributed by atoms with Crippen LogP contribution in [0.2, 0.25) is 0 Å². The molecule has 0 aromatic heterocycles. The van der Waals surface area contributed by atoms with E-state index in [1.54, 1.807) is 6.21 Å². The van der Waals surface area contributed by atoms with Crippen LogP contribution in [0.4, 0.5) is 0 Å². The van der Waals surface area contributed by atoms with E-state index in [9.17, 15) is 4.79 Å². The molecule has 19 heavy (non-hydrogen) atoms. The molecule has 1 N–H and O–H groups in total. The molecule has 4 heteroatoms. The molecule has 1 aromatic rings. The van der Waals surface area contributed by atoms with Gasteiger partial charge in [-0.3, -0.25) is 4.79 Å². The summed E-state index contributed by atoms with van der Waals surface area (Å²) in [5.74, 6) is 0.729. The van der Waals surface area contributed by atoms with E-state index in [0.29, 0.717) is 13.0 Å². The molecule has 0 aliphatic heterocycles. The number of hydrazone groups is 1. The van der Waals surface area contributed by atoms with Crippen molar-refractivity contribution in [2.75, 3.05) is 6.61 Å². The molecule has 0 heterocycles. The zero-order valence-corrected chi connectivity index (χ0v) is 11.7. The van der Waals surface area contributed by atoms with Crippen molar-refractivity contribution in [3.8, 4) is 5.75 Å². The maximum atomic E-state index is 11.5. The van der Waals surface area contributed by atoms with Crippen LogP contribution >= 0.6 is 0 Å². The lowest BCUT2D eigenvalue weighted by atomic mass is 10.2. The smallest absolute Gasteiger partial charge is 0.240 e. The summed E-state index contributed by atoms with van der Waals surface area (Å²) in [4.78, 5) is 11.5. The highest BCUT2D eigenvalue weighted by molar-refractivity contribution is 5.85. The number of para-hydroxylation sites is 1. The van der Waals surface area contributed by atoms with Crippen LogP contribution in [-0.4, -0.2) is 18.7 Å². The summed E-state index contributed by atoms with van der Waals surface area (Å²) < 4.78 is 5.47. The molecule has 0 bridgehead atoms. The highest BCUT2D eigenvalue weighted by Gasteiger charge is 2.00. The molecule has 104 valence electrons. The van der Waals surface area contributed by atoms with Gasteiger partial charge < -0.3 is 4.74 Å². The molecule has 4 nitrogen and oxygen atoms in total. The van der Waals surface area contributed by atoms with Crippen molar-refractivity contribution in [1.82, 2.24) is 5.43 Å². The predicted molar refractivity (Wildman–Crippen MR) is 77.5 cm³/mol.